The zero-order valence-electron chi connectivity index (χ0n) is 7.29. The van der Waals surface area contributed by atoms with Crippen LogP contribution in [-0.4, -0.2) is 42.0 Å². The SMILES string of the molecule is CCC1OC(C)CN1CCO. The zero-order valence-corrected chi connectivity index (χ0v) is 7.29. The average Bonchev–Trinajstić information content (AvgIpc) is 2.32. The highest BCUT2D eigenvalue weighted by Crippen LogP contribution is 2.17. The molecule has 1 rings (SSSR count). The summed E-state index contributed by atoms with van der Waals surface area (Å²) in [7, 11) is 0. The van der Waals surface area contributed by atoms with Crippen molar-refractivity contribution in [2.24, 2.45) is 0 Å². The number of β-amino-alcohol motifs (C(OH)–C–C–N with tert-alkyl or cyclic N) is 1. The van der Waals surface area contributed by atoms with Crippen molar-refractivity contribution in [3.63, 3.8) is 0 Å². The van der Waals surface area contributed by atoms with Crippen LogP contribution in [0.2, 0.25) is 0 Å². The van der Waals surface area contributed by atoms with Crippen LogP contribution in [0.3, 0.4) is 0 Å². The third kappa shape index (κ3) is 2.15. The molecule has 0 bridgehead atoms. The Balaban J connectivity index is 2.37. The number of hydrogen-bond acceptors (Lipinski definition) is 3. The number of hydrogen-bond donors (Lipinski definition) is 1. The molecule has 1 heterocycles. The standard InChI is InChI=1S/C8H17NO2/c1-3-8-9(4-5-10)6-7(2)11-8/h7-8,10H,3-6H2,1-2H3. The van der Waals surface area contributed by atoms with Gasteiger partial charge in [-0.3, -0.25) is 4.90 Å². The van der Waals surface area contributed by atoms with E-state index in [2.05, 4.69) is 18.7 Å². The molecule has 0 saturated carbocycles. The minimum Gasteiger partial charge on any atom is -0.395 e. The number of rotatable bonds is 3. The van der Waals surface area contributed by atoms with E-state index in [1.54, 1.807) is 0 Å². The van der Waals surface area contributed by atoms with Crippen LogP contribution in [0.1, 0.15) is 20.3 Å². The number of aliphatic hydroxyl groups excluding tert-OH is 1. The van der Waals surface area contributed by atoms with E-state index in [1.807, 2.05) is 0 Å². The van der Waals surface area contributed by atoms with Gasteiger partial charge in [0.2, 0.25) is 0 Å². The Morgan fingerprint density at radius 3 is 2.91 bits per heavy atom. The van der Waals surface area contributed by atoms with Crippen molar-refractivity contribution < 1.29 is 9.84 Å². The molecule has 0 aromatic heterocycles. The van der Waals surface area contributed by atoms with Crippen molar-refractivity contribution in [3.8, 4) is 0 Å². The van der Waals surface area contributed by atoms with Gasteiger partial charge in [0.05, 0.1) is 12.7 Å². The molecule has 11 heavy (non-hydrogen) atoms. The molecule has 0 radical (unpaired) electrons. The van der Waals surface area contributed by atoms with Crippen LogP contribution in [0.4, 0.5) is 0 Å². The summed E-state index contributed by atoms with van der Waals surface area (Å²) in [5.41, 5.74) is 0. The number of ether oxygens (including phenoxy) is 1. The Morgan fingerprint density at radius 1 is 1.64 bits per heavy atom. The zero-order chi connectivity index (χ0) is 8.27. The van der Waals surface area contributed by atoms with Gasteiger partial charge in [0.25, 0.3) is 0 Å². The van der Waals surface area contributed by atoms with Crippen LogP contribution >= 0.6 is 0 Å². The first kappa shape index (κ1) is 8.97. The lowest BCUT2D eigenvalue weighted by Crippen LogP contribution is -2.32. The van der Waals surface area contributed by atoms with E-state index in [0.29, 0.717) is 6.10 Å². The van der Waals surface area contributed by atoms with Crippen LogP contribution in [0.15, 0.2) is 0 Å². The van der Waals surface area contributed by atoms with Crippen LogP contribution in [0.25, 0.3) is 0 Å². The van der Waals surface area contributed by atoms with Crippen LogP contribution in [-0.2, 0) is 4.74 Å². The second-order valence-electron chi connectivity index (χ2n) is 3.03. The number of nitrogens with zero attached hydrogens (tertiary/aromatic N) is 1. The molecule has 1 fully saturated rings. The summed E-state index contributed by atoms with van der Waals surface area (Å²) in [6, 6.07) is 0. The normalized spacial score (nSPS) is 33.0. The Kier molecular flexibility index (Phi) is 3.30. The van der Waals surface area contributed by atoms with Gasteiger partial charge in [-0.1, -0.05) is 6.92 Å². The molecule has 1 aliphatic rings. The molecular formula is C8H17NO2. The Morgan fingerprint density at radius 2 is 2.36 bits per heavy atom. The van der Waals surface area contributed by atoms with Gasteiger partial charge in [0, 0.05) is 13.1 Å². The summed E-state index contributed by atoms with van der Waals surface area (Å²) in [6.07, 6.45) is 1.56. The molecule has 0 aromatic rings. The predicted octanol–water partition coefficient (Wildman–Crippen LogP) is 0.435. The van der Waals surface area contributed by atoms with E-state index in [0.717, 1.165) is 19.5 Å². The number of aliphatic hydroxyl groups is 1. The van der Waals surface area contributed by atoms with E-state index >= 15 is 0 Å². The molecule has 3 nitrogen and oxygen atoms in total. The third-order valence-corrected chi connectivity index (χ3v) is 2.02. The highest BCUT2D eigenvalue weighted by Gasteiger charge is 2.27. The summed E-state index contributed by atoms with van der Waals surface area (Å²) >= 11 is 0. The monoisotopic (exact) mass is 159 g/mol. The summed E-state index contributed by atoms with van der Waals surface area (Å²) < 4.78 is 5.59. The van der Waals surface area contributed by atoms with Crippen LogP contribution < -0.4 is 0 Å². The van der Waals surface area contributed by atoms with E-state index in [4.69, 9.17) is 9.84 Å². The lowest BCUT2D eigenvalue weighted by atomic mass is 10.3. The quantitative estimate of drug-likeness (QED) is 0.648. The first-order valence-electron chi connectivity index (χ1n) is 4.28. The van der Waals surface area contributed by atoms with Gasteiger partial charge in [0.15, 0.2) is 0 Å². The molecule has 1 saturated heterocycles. The van der Waals surface area contributed by atoms with Crippen molar-refractivity contribution in [2.45, 2.75) is 32.6 Å². The summed E-state index contributed by atoms with van der Waals surface area (Å²) in [5, 5.41) is 8.73. The van der Waals surface area contributed by atoms with Crippen molar-refractivity contribution in [3.05, 3.63) is 0 Å². The molecule has 1 aliphatic heterocycles. The first-order valence-corrected chi connectivity index (χ1v) is 4.28. The van der Waals surface area contributed by atoms with Gasteiger partial charge in [-0.05, 0) is 13.3 Å². The van der Waals surface area contributed by atoms with E-state index in [1.165, 1.54) is 0 Å². The summed E-state index contributed by atoms with van der Waals surface area (Å²) in [4.78, 5) is 2.19. The second kappa shape index (κ2) is 4.04. The van der Waals surface area contributed by atoms with Crippen molar-refractivity contribution >= 4 is 0 Å². The highest BCUT2D eigenvalue weighted by molar-refractivity contribution is 4.73. The molecule has 0 aromatic carbocycles. The second-order valence-corrected chi connectivity index (χ2v) is 3.03. The van der Waals surface area contributed by atoms with Crippen LogP contribution in [0, 0.1) is 0 Å². The molecule has 3 heteroatoms. The smallest absolute Gasteiger partial charge is 0.110 e. The maximum Gasteiger partial charge on any atom is 0.110 e. The first-order chi connectivity index (χ1) is 5.27. The van der Waals surface area contributed by atoms with Gasteiger partial charge in [0.1, 0.15) is 6.23 Å². The van der Waals surface area contributed by atoms with E-state index in [-0.39, 0.29) is 12.8 Å². The predicted molar refractivity (Wildman–Crippen MR) is 43.3 cm³/mol. The fourth-order valence-electron chi connectivity index (χ4n) is 1.56. The van der Waals surface area contributed by atoms with E-state index in [9.17, 15) is 0 Å². The minimum absolute atomic E-state index is 0.229. The maximum atomic E-state index is 8.73. The molecule has 0 aliphatic carbocycles. The Bertz CT molecular complexity index is 119. The fraction of sp³-hybridized carbons (Fsp3) is 1.00. The van der Waals surface area contributed by atoms with Gasteiger partial charge in [-0.2, -0.15) is 0 Å². The third-order valence-electron chi connectivity index (χ3n) is 2.02. The maximum absolute atomic E-state index is 8.73. The molecule has 66 valence electrons. The Labute approximate surface area is 68.0 Å². The minimum atomic E-state index is 0.229. The molecule has 0 spiro atoms. The fourth-order valence-corrected chi connectivity index (χ4v) is 1.56. The van der Waals surface area contributed by atoms with Gasteiger partial charge in [-0.15, -0.1) is 0 Å². The summed E-state index contributed by atoms with van der Waals surface area (Å²) in [5.74, 6) is 0. The van der Waals surface area contributed by atoms with Crippen molar-refractivity contribution in [2.75, 3.05) is 19.7 Å². The van der Waals surface area contributed by atoms with Gasteiger partial charge >= 0.3 is 0 Å². The molecule has 2 unspecified atom stereocenters. The lowest BCUT2D eigenvalue weighted by molar-refractivity contribution is -0.000509. The van der Waals surface area contributed by atoms with Gasteiger partial charge in [-0.25, -0.2) is 0 Å². The van der Waals surface area contributed by atoms with Crippen LogP contribution in [0.5, 0.6) is 0 Å². The summed E-state index contributed by atoms with van der Waals surface area (Å²) in [6.45, 7) is 6.10. The average molecular weight is 159 g/mol. The largest absolute Gasteiger partial charge is 0.395 e. The molecule has 0 amide bonds. The topological polar surface area (TPSA) is 32.7 Å². The Hall–Kier alpha value is -0.120. The van der Waals surface area contributed by atoms with Gasteiger partial charge < -0.3 is 9.84 Å². The molecular weight excluding hydrogens is 142 g/mol. The molecule has 2 atom stereocenters. The highest BCUT2D eigenvalue weighted by atomic mass is 16.5. The molecule has 1 N–H and O–H groups in total. The lowest BCUT2D eigenvalue weighted by Gasteiger charge is -2.19. The van der Waals surface area contributed by atoms with E-state index < -0.39 is 0 Å². The van der Waals surface area contributed by atoms with Crippen molar-refractivity contribution in [1.29, 1.82) is 0 Å². The van der Waals surface area contributed by atoms with Crippen molar-refractivity contribution in [1.82, 2.24) is 4.90 Å².